The molecule has 3 amide bonds. The van der Waals surface area contributed by atoms with Crippen molar-refractivity contribution in [3.63, 3.8) is 0 Å². The molecule has 1 unspecified atom stereocenters. The molecular weight excluding hydrogens is 785 g/mol. The second-order valence-electron chi connectivity index (χ2n) is 15.9. The van der Waals surface area contributed by atoms with Gasteiger partial charge in [0.15, 0.2) is 11.5 Å². The van der Waals surface area contributed by atoms with Gasteiger partial charge in [0.2, 0.25) is 11.8 Å². The average Bonchev–Trinajstić information content (AvgIpc) is 4.16. The van der Waals surface area contributed by atoms with Gasteiger partial charge in [0.1, 0.15) is 11.6 Å². The van der Waals surface area contributed by atoms with Crippen molar-refractivity contribution < 1.29 is 28.7 Å². The van der Waals surface area contributed by atoms with Crippen LogP contribution in [-0.4, -0.2) is 92.7 Å². The van der Waals surface area contributed by atoms with E-state index in [-0.39, 0.29) is 30.3 Å². The van der Waals surface area contributed by atoms with Crippen LogP contribution in [0.25, 0.3) is 33.5 Å². The number of aromatic nitrogens is 4. The van der Waals surface area contributed by atoms with Crippen molar-refractivity contribution in [3.8, 4) is 22.4 Å². The number of ether oxygens (including phenoxy) is 2. The monoisotopic (exact) mass is 830 g/mol. The van der Waals surface area contributed by atoms with E-state index in [1.54, 1.807) is 11.1 Å². The Bertz CT molecular complexity index is 2670. The number of aromatic amines is 1. The molecule has 9 rings (SSSR count). The van der Waals surface area contributed by atoms with Gasteiger partial charge >= 0.3 is 12.1 Å². The number of carbonyl (C=O) groups excluding carboxylic acids is 4. The van der Waals surface area contributed by atoms with Gasteiger partial charge in [-0.15, -0.1) is 0 Å². The number of hydrogen-bond donors (Lipinski definition) is 2. The van der Waals surface area contributed by atoms with Crippen LogP contribution in [0.15, 0.2) is 114 Å². The molecule has 0 radical (unpaired) electrons. The second-order valence-corrected chi connectivity index (χ2v) is 15.9. The van der Waals surface area contributed by atoms with Gasteiger partial charge in [0.05, 0.1) is 50.5 Å². The summed E-state index contributed by atoms with van der Waals surface area (Å²) in [6, 6.07) is 29.5. The van der Waals surface area contributed by atoms with E-state index >= 15 is 0 Å². The minimum absolute atomic E-state index is 0.0211. The average molecular weight is 831 g/mol. The van der Waals surface area contributed by atoms with E-state index in [0.717, 1.165) is 64.9 Å². The minimum atomic E-state index is -0.903. The minimum Gasteiger partial charge on any atom is -0.469 e. The van der Waals surface area contributed by atoms with Gasteiger partial charge < -0.3 is 29.6 Å². The molecule has 3 aromatic carbocycles. The summed E-state index contributed by atoms with van der Waals surface area (Å²) in [6.07, 6.45) is 6.63. The fourth-order valence-corrected chi connectivity index (χ4v) is 9.00. The molecule has 3 aliphatic rings. The highest BCUT2D eigenvalue weighted by Crippen LogP contribution is 2.37. The largest absolute Gasteiger partial charge is 0.469 e. The number of carbonyl (C=O) groups is 4. The van der Waals surface area contributed by atoms with Gasteiger partial charge in [0, 0.05) is 48.2 Å². The molecule has 2 N–H and O–H groups in total. The molecule has 6 heterocycles. The zero-order chi connectivity index (χ0) is 42.7. The molecule has 4 atom stereocenters. The molecule has 62 heavy (non-hydrogen) atoms. The molecule has 2 fully saturated rings. The Morgan fingerprint density at radius 2 is 1.44 bits per heavy atom. The number of amides is 3. The van der Waals surface area contributed by atoms with Crippen LogP contribution in [0.3, 0.4) is 0 Å². The van der Waals surface area contributed by atoms with E-state index in [2.05, 4.69) is 28.5 Å². The maximum Gasteiger partial charge on any atom is 0.407 e. The van der Waals surface area contributed by atoms with Gasteiger partial charge in [-0.2, -0.15) is 0 Å². The predicted molar refractivity (Wildman–Crippen MR) is 232 cm³/mol. The third kappa shape index (κ3) is 8.03. The number of pyridine rings is 1. The molecule has 3 aliphatic heterocycles. The summed E-state index contributed by atoms with van der Waals surface area (Å²) in [7, 11) is 2.62. The van der Waals surface area contributed by atoms with Crippen LogP contribution in [0.1, 0.15) is 72.5 Å². The lowest BCUT2D eigenvalue weighted by Gasteiger charge is -2.29. The van der Waals surface area contributed by atoms with E-state index in [1.165, 1.54) is 14.2 Å². The Balaban J connectivity index is 0.883. The normalized spacial score (nSPS) is 17.9. The fraction of sp³-hybridized carbons (Fsp3) is 0.292. The lowest BCUT2D eigenvalue weighted by Crippen LogP contribution is -2.43. The summed E-state index contributed by atoms with van der Waals surface area (Å²) < 4.78 is 9.80. The number of H-pyrrole nitrogens is 1. The Morgan fingerprint density at radius 1 is 0.758 bits per heavy atom. The van der Waals surface area contributed by atoms with Crippen LogP contribution in [0.5, 0.6) is 0 Å². The number of rotatable bonds is 11. The summed E-state index contributed by atoms with van der Waals surface area (Å²) in [5.74, 6) is -0.701. The highest BCUT2D eigenvalue weighted by Gasteiger charge is 2.39. The molecule has 0 aliphatic carbocycles. The molecule has 14 nitrogen and oxygen atoms in total. The third-order valence-corrected chi connectivity index (χ3v) is 12.2. The summed E-state index contributed by atoms with van der Waals surface area (Å²) in [5.41, 5.74) is 9.17. The first-order valence-corrected chi connectivity index (χ1v) is 20.9. The number of fused-ring (bicyclic) bond motifs is 2. The van der Waals surface area contributed by atoms with Crippen molar-refractivity contribution in [1.29, 1.82) is 0 Å². The first-order valence-electron chi connectivity index (χ1n) is 20.9. The zero-order valence-electron chi connectivity index (χ0n) is 34.5. The molecule has 0 saturated carbocycles. The summed E-state index contributed by atoms with van der Waals surface area (Å²) >= 11 is 0. The second kappa shape index (κ2) is 17.4. The Morgan fingerprint density at radius 3 is 2.15 bits per heavy atom. The smallest absolute Gasteiger partial charge is 0.407 e. The molecule has 314 valence electrons. The van der Waals surface area contributed by atoms with Gasteiger partial charge in [-0.25, -0.2) is 19.8 Å². The van der Waals surface area contributed by atoms with E-state index < -0.39 is 24.0 Å². The van der Waals surface area contributed by atoms with E-state index in [4.69, 9.17) is 29.4 Å². The van der Waals surface area contributed by atoms with Crippen LogP contribution in [0, 0.1) is 0 Å². The lowest BCUT2D eigenvalue weighted by atomic mass is 9.93. The number of likely N-dealkylation sites (tertiary alicyclic amines) is 2. The van der Waals surface area contributed by atoms with Gasteiger partial charge in [-0.3, -0.25) is 19.4 Å². The topological polar surface area (TPSA) is 172 Å². The fourth-order valence-electron chi connectivity index (χ4n) is 9.00. The van der Waals surface area contributed by atoms with Crippen molar-refractivity contribution in [2.45, 2.75) is 62.6 Å². The Hall–Kier alpha value is -7.22. The van der Waals surface area contributed by atoms with Gasteiger partial charge in [-0.05, 0) is 60.1 Å². The molecule has 14 heteroatoms. The summed E-state index contributed by atoms with van der Waals surface area (Å²) in [6.45, 7) is 1.13. The molecular formula is C48H46N8O6. The number of hydrogen-bond acceptors (Lipinski definition) is 10. The number of esters is 1. The van der Waals surface area contributed by atoms with Crippen molar-refractivity contribution >= 4 is 46.6 Å². The highest BCUT2D eigenvalue weighted by molar-refractivity contribution is 6.01. The van der Waals surface area contributed by atoms with Crippen molar-refractivity contribution in [2.75, 3.05) is 27.3 Å². The molecule has 0 bridgehead atoms. The van der Waals surface area contributed by atoms with Gasteiger partial charge in [-0.1, -0.05) is 84.9 Å². The molecule has 2 saturated heterocycles. The van der Waals surface area contributed by atoms with Crippen molar-refractivity contribution in [3.05, 3.63) is 132 Å². The summed E-state index contributed by atoms with van der Waals surface area (Å²) in [5, 5.41) is 2.71. The number of benzene rings is 3. The first-order chi connectivity index (χ1) is 30.3. The van der Waals surface area contributed by atoms with E-state index in [9.17, 15) is 19.2 Å². The van der Waals surface area contributed by atoms with Crippen LogP contribution < -0.4 is 5.32 Å². The van der Waals surface area contributed by atoms with Gasteiger partial charge in [0.25, 0.3) is 0 Å². The number of nitrogens with one attached hydrogen (secondary N) is 2. The third-order valence-electron chi connectivity index (χ3n) is 12.2. The molecule has 0 spiro atoms. The first kappa shape index (κ1) is 40.2. The van der Waals surface area contributed by atoms with Crippen molar-refractivity contribution in [1.82, 2.24) is 35.1 Å². The zero-order valence-corrected chi connectivity index (χ0v) is 34.5. The van der Waals surface area contributed by atoms with Crippen LogP contribution in [0.2, 0.25) is 0 Å². The SMILES string of the molecule is COC(=O)C[C@@H](C(=O)N1CCC[C@H]1C1=Nc2ncc(-c3ccc(-c4cc5ncc(C6CCCN6C(=O)[C@H](NC(=O)OC)c6ccccc6)nc5[nH]4)cc3)cc2C1)c1ccccc1. The lowest BCUT2D eigenvalue weighted by molar-refractivity contribution is -0.144. The number of alkyl carbamates (subject to hydrolysis) is 1. The summed E-state index contributed by atoms with van der Waals surface area (Å²) in [4.78, 5) is 79.1. The van der Waals surface area contributed by atoms with E-state index in [1.807, 2.05) is 90.0 Å². The highest BCUT2D eigenvalue weighted by atomic mass is 16.5. The number of methoxy groups -OCH3 is 2. The quantitative estimate of drug-likeness (QED) is 0.126. The van der Waals surface area contributed by atoms with Crippen LogP contribution in [0.4, 0.5) is 10.6 Å². The Kier molecular flexibility index (Phi) is 11.3. The van der Waals surface area contributed by atoms with E-state index in [0.29, 0.717) is 47.7 Å². The predicted octanol–water partition coefficient (Wildman–Crippen LogP) is 7.41. The van der Waals surface area contributed by atoms with Crippen LogP contribution >= 0.6 is 0 Å². The standard InChI is InChI=1S/C48H46N8O6/c1-61-42(57)25-35(30-11-5-3-6-12-30)46(58)55-21-9-15-40(55)37-24-33-23-34(27-50-44(33)52-37)29-17-19-31(20-18-29)36-26-38-45(51-36)53-39(28-49-38)41-16-10-22-56(41)47(59)43(54-48(60)62-2)32-13-7-4-8-14-32/h3-8,11-14,17-20,23,26-28,35,40-41,43H,9-10,15-16,21-22,24-25H2,1-2H3,(H,51,53)(H,54,60)/t35-,40+,41?,43-/m1/s1. The van der Waals surface area contributed by atoms with Crippen LogP contribution in [-0.2, 0) is 30.3 Å². The number of nitrogens with zero attached hydrogens (tertiary/aromatic N) is 6. The molecule has 6 aromatic rings. The Labute approximate surface area is 358 Å². The maximum atomic E-state index is 14.1. The number of aliphatic imine (C=N–C) groups is 1. The maximum absolute atomic E-state index is 14.1. The van der Waals surface area contributed by atoms with Crippen molar-refractivity contribution in [2.24, 2.45) is 4.99 Å². The molecule has 3 aromatic heterocycles.